The number of nitrogens with two attached hydrogens (primary N) is 1. The SMILES string of the molecule is NNc1cc(C2CCCC2)nc(-c2ccc(Br)c(Cl)c2)n1. The van der Waals surface area contributed by atoms with E-state index in [2.05, 4.69) is 26.3 Å². The highest BCUT2D eigenvalue weighted by Crippen LogP contribution is 2.35. The van der Waals surface area contributed by atoms with Gasteiger partial charge in [0.1, 0.15) is 5.82 Å². The highest BCUT2D eigenvalue weighted by molar-refractivity contribution is 9.10. The van der Waals surface area contributed by atoms with Gasteiger partial charge in [-0.05, 0) is 47.0 Å². The molecule has 0 spiro atoms. The van der Waals surface area contributed by atoms with Crippen molar-refractivity contribution >= 4 is 33.3 Å². The zero-order valence-corrected chi connectivity index (χ0v) is 13.8. The number of anilines is 1. The second-order valence-electron chi connectivity index (χ2n) is 5.26. The molecule has 1 heterocycles. The Kier molecular flexibility index (Phi) is 4.42. The number of rotatable bonds is 3. The number of hydrazine groups is 1. The first-order chi connectivity index (χ1) is 10.2. The van der Waals surface area contributed by atoms with E-state index in [4.69, 9.17) is 22.4 Å². The van der Waals surface area contributed by atoms with Crippen LogP contribution in [0.1, 0.15) is 37.3 Å². The Hall–Kier alpha value is -1.17. The maximum atomic E-state index is 6.16. The van der Waals surface area contributed by atoms with Crippen LogP contribution in [0.25, 0.3) is 11.4 Å². The average Bonchev–Trinajstić information content (AvgIpc) is 3.04. The van der Waals surface area contributed by atoms with Gasteiger partial charge in [0.15, 0.2) is 5.82 Å². The van der Waals surface area contributed by atoms with E-state index >= 15 is 0 Å². The molecule has 1 fully saturated rings. The number of halogens is 2. The van der Waals surface area contributed by atoms with Gasteiger partial charge in [0.05, 0.1) is 5.02 Å². The van der Waals surface area contributed by atoms with Crippen LogP contribution in [0, 0.1) is 0 Å². The van der Waals surface area contributed by atoms with Crippen molar-refractivity contribution in [1.82, 2.24) is 9.97 Å². The van der Waals surface area contributed by atoms with Crippen LogP contribution in [0.5, 0.6) is 0 Å². The lowest BCUT2D eigenvalue weighted by molar-refractivity contribution is 0.695. The molecule has 1 aliphatic carbocycles. The summed E-state index contributed by atoms with van der Waals surface area (Å²) in [5, 5.41) is 0.643. The molecule has 110 valence electrons. The summed E-state index contributed by atoms with van der Waals surface area (Å²) >= 11 is 9.55. The maximum Gasteiger partial charge on any atom is 0.161 e. The molecule has 0 aliphatic heterocycles. The average molecular weight is 368 g/mol. The Morgan fingerprint density at radius 3 is 2.62 bits per heavy atom. The van der Waals surface area contributed by atoms with Gasteiger partial charge in [-0.3, -0.25) is 0 Å². The van der Waals surface area contributed by atoms with Crippen LogP contribution in [-0.2, 0) is 0 Å². The van der Waals surface area contributed by atoms with Gasteiger partial charge in [0.2, 0.25) is 0 Å². The third-order valence-corrected chi connectivity index (χ3v) is 5.08. The largest absolute Gasteiger partial charge is 0.308 e. The number of nitrogens with one attached hydrogen (secondary N) is 1. The van der Waals surface area contributed by atoms with E-state index in [-0.39, 0.29) is 0 Å². The van der Waals surface area contributed by atoms with Crippen molar-refractivity contribution in [3.63, 3.8) is 0 Å². The van der Waals surface area contributed by atoms with Gasteiger partial charge in [0, 0.05) is 27.7 Å². The third-order valence-electron chi connectivity index (χ3n) is 3.85. The molecule has 3 N–H and O–H groups in total. The maximum absolute atomic E-state index is 6.16. The van der Waals surface area contributed by atoms with Crippen molar-refractivity contribution in [2.45, 2.75) is 31.6 Å². The molecule has 1 saturated carbocycles. The highest BCUT2D eigenvalue weighted by atomic mass is 79.9. The molecule has 1 aromatic heterocycles. The smallest absolute Gasteiger partial charge is 0.161 e. The number of aromatic nitrogens is 2. The highest BCUT2D eigenvalue weighted by Gasteiger charge is 2.20. The van der Waals surface area contributed by atoms with E-state index in [1.165, 1.54) is 25.7 Å². The summed E-state index contributed by atoms with van der Waals surface area (Å²) in [7, 11) is 0. The second kappa shape index (κ2) is 6.30. The molecule has 0 unspecified atom stereocenters. The van der Waals surface area contributed by atoms with Crippen molar-refractivity contribution in [2.24, 2.45) is 5.84 Å². The zero-order chi connectivity index (χ0) is 14.8. The fourth-order valence-corrected chi connectivity index (χ4v) is 3.16. The summed E-state index contributed by atoms with van der Waals surface area (Å²) in [4.78, 5) is 9.17. The molecule has 0 bridgehead atoms. The number of benzene rings is 1. The fourth-order valence-electron chi connectivity index (χ4n) is 2.73. The molecular weight excluding hydrogens is 352 g/mol. The summed E-state index contributed by atoms with van der Waals surface area (Å²) in [6.07, 6.45) is 4.89. The van der Waals surface area contributed by atoms with Gasteiger partial charge >= 0.3 is 0 Å². The number of hydrogen-bond acceptors (Lipinski definition) is 4. The molecule has 1 aliphatic rings. The van der Waals surface area contributed by atoms with E-state index in [0.717, 1.165) is 15.7 Å². The first-order valence-corrected chi connectivity index (χ1v) is 8.15. The van der Waals surface area contributed by atoms with E-state index in [0.29, 0.717) is 22.6 Å². The van der Waals surface area contributed by atoms with Crippen molar-refractivity contribution in [1.29, 1.82) is 0 Å². The van der Waals surface area contributed by atoms with E-state index in [1.54, 1.807) is 0 Å². The Labute approximate surface area is 137 Å². The molecule has 2 aromatic rings. The first kappa shape index (κ1) is 14.8. The minimum atomic E-state index is 0.504. The topological polar surface area (TPSA) is 63.8 Å². The second-order valence-corrected chi connectivity index (χ2v) is 6.52. The molecule has 6 heteroatoms. The lowest BCUT2D eigenvalue weighted by Crippen LogP contribution is -2.11. The monoisotopic (exact) mass is 366 g/mol. The van der Waals surface area contributed by atoms with Gasteiger partial charge in [0.25, 0.3) is 0 Å². The van der Waals surface area contributed by atoms with Gasteiger partial charge in [-0.25, -0.2) is 15.8 Å². The predicted octanol–water partition coefficient (Wildman–Crippen LogP) is 4.50. The van der Waals surface area contributed by atoms with E-state index < -0.39 is 0 Å². The molecular formula is C15H16BrClN4. The summed E-state index contributed by atoms with van der Waals surface area (Å²) < 4.78 is 0.858. The van der Waals surface area contributed by atoms with Gasteiger partial charge < -0.3 is 5.43 Å². The summed E-state index contributed by atoms with van der Waals surface area (Å²) in [5.41, 5.74) is 4.58. The van der Waals surface area contributed by atoms with Crippen molar-refractivity contribution in [2.75, 3.05) is 5.43 Å². The van der Waals surface area contributed by atoms with Gasteiger partial charge in [-0.1, -0.05) is 24.4 Å². The Morgan fingerprint density at radius 1 is 1.19 bits per heavy atom. The van der Waals surface area contributed by atoms with E-state index in [1.807, 2.05) is 24.3 Å². The predicted molar refractivity (Wildman–Crippen MR) is 89.2 cm³/mol. The number of nitrogen functional groups attached to an aromatic ring is 1. The Bertz CT molecular complexity index is 656. The molecule has 21 heavy (non-hydrogen) atoms. The van der Waals surface area contributed by atoms with Gasteiger partial charge in [-0.15, -0.1) is 0 Å². The number of nitrogens with zero attached hydrogens (tertiary/aromatic N) is 2. The molecule has 0 radical (unpaired) electrons. The van der Waals surface area contributed by atoms with Crippen LogP contribution in [-0.4, -0.2) is 9.97 Å². The standard InChI is InChI=1S/C15H16BrClN4/c16-11-6-5-10(7-12(11)17)15-19-13(8-14(20-15)21-18)9-3-1-2-4-9/h5-9H,1-4,18H2,(H,19,20,21). The molecule has 0 saturated heterocycles. The summed E-state index contributed by atoms with van der Waals surface area (Å²) in [5.74, 6) is 7.34. The first-order valence-electron chi connectivity index (χ1n) is 6.98. The third kappa shape index (κ3) is 3.20. The molecule has 3 rings (SSSR count). The van der Waals surface area contributed by atoms with Crippen LogP contribution in [0.3, 0.4) is 0 Å². The normalized spacial score (nSPS) is 15.4. The molecule has 4 nitrogen and oxygen atoms in total. The molecule has 1 aromatic carbocycles. The molecule has 0 atom stereocenters. The van der Waals surface area contributed by atoms with Crippen LogP contribution >= 0.6 is 27.5 Å². The van der Waals surface area contributed by atoms with Crippen molar-refractivity contribution in [3.8, 4) is 11.4 Å². The van der Waals surface area contributed by atoms with Crippen LogP contribution in [0.2, 0.25) is 5.02 Å². The quantitative estimate of drug-likeness (QED) is 0.619. The van der Waals surface area contributed by atoms with Crippen molar-refractivity contribution < 1.29 is 0 Å². The van der Waals surface area contributed by atoms with Crippen LogP contribution < -0.4 is 11.3 Å². The zero-order valence-electron chi connectivity index (χ0n) is 11.4. The Balaban J connectivity index is 2.04. The van der Waals surface area contributed by atoms with Crippen LogP contribution in [0.4, 0.5) is 5.82 Å². The summed E-state index contributed by atoms with van der Waals surface area (Å²) in [6.45, 7) is 0. The summed E-state index contributed by atoms with van der Waals surface area (Å²) in [6, 6.07) is 7.66. The van der Waals surface area contributed by atoms with Crippen molar-refractivity contribution in [3.05, 3.63) is 39.5 Å². The lowest BCUT2D eigenvalue weighted by atomic mass is 10.0. The lowest BCUT2D eigenvalue weighted by Gasteiger charge is -2.12. The number of hydrogen-bond donors (Lipinski definition) is 2. The fraction of sp³-hybridized carbons (Fsp3) is 0.333. The molecule has 0 amide bonds. The Morgan fingerprint density at radius 2 is 1.95 bits per heavy atom. The van der Waals surface area contributed by atoms with Gasteiger partial charge in [-0.2, -0.15) is 0 Å². The minimum absolute atomic E-state index is 0.504. The van der Waals surface area contributed by atoms with E-state index in [9.17, 15) is 0 Å². The minimum Gasteiger partial charge on any atom is -0.308 e. The van der Waals surface area contributed by atoms with Crippen LogP contribution in [0.15, 0.2) is 28.7 Å².